The highest BCUT2D eigenvalue weighted by molar-refractivity contribution is 8.00. The van der Waals surface area contributed by atoms with E-state index in [4.69, 9.17) is 13.9 Å². The summed E-state index contributed by atoms with van der Waals surface area (Å²) in [7, 11) is 3.47. The third kappa shape index (κ3) is 4.24. The van der Waals surface area contributed by atoms with Crippen molar-refractivity contribution in [3.05, 3.63) is 77.5 Å². The molecule has 0 bridgehead atoms. The van der Waals surface area contributed by atoms with Crippen molar-refractivity contribution in [1.29, 1.82) is 0 Å². The fourth-order valence-electron chi connectivity index (χ4n) is 3.35. The van der Waals surface area contributed by atoms with Crippen LogP contribution in [0.1, 0.15) is 30.0 Å². The van der Waals surface area contributed by atoms with Crippen LogP contribution in [-0.2, 0) is 4.74 Å². The maximum atomic E-state index is 14.2. The molecule has 3 aromatic rings. The van der Waals surface area contributed by atoms with Gasteiger partial charge in [0.15, 0.2) is 23.6 Å². The van der Waals surface area contributed by atoms with Crippen molar-refractivity contribution in [1.82, 2.24) is 9.88 Å². The minimum Gasteiger partial charge on any atom is -0.464 e. The summed E-state index contributed by atoms with van der Waals surface area (Å²) in [5.41, 5.74) is 2.97. The quantitative estimate of drug-likeness (QED) is 0.461. The molecule has 1 unspecified atom stereocenters. The molecule has 9 heteroatoms. The van der Waals surface area contributed by atoms with Crippen LogP contribution in [0.3, 0.4) is 0 Å². The van der Waals surface area contributed by atoms with Crippen LogP contribution in [0.15, 0.2) is 53.4 Å². The average molecular weight is 445 g/mol. The van der Waals surface area contributed by atoms with Gasteiger partial charge < -0.3 is 23.5 Å². The van der Waals surface area contributed by atoms with Gasteiger partial charge in [0, 0.05) is 48.9 Å². The van der Waals surface area contributed by atoms with Crippen LogP contribution in [0.2, 0.25) is 0 Å². The maximum Gasteiger partial charge on any atom is 0.227 e. The van der Waals surface area contributed by atoms with E-state index in [0.717, 1.165) is 34.7 Å². The lowest BCUT2D eigenvalue weighted by molar-refractivity contribution is -0.0113. The Bertz CT molecular complexity index is 1120. The fourth-order valence-corrected chi connectivity index (χ4v) is 3.77. The first kappa shape index (κ1) is 21.2. The van der Waals surface area contributed by atoms with Gasteiger partial charge in [-0.05, 0) is 24.3 Å². The van der Waals surface area contributed by atoms with Crippen molar-refractivity contribution in [3.8, 4) is 11.6 Å². The molecule has 1 aromatic carbocycles. The number of benzene rings is 1. The average Bonchev–Trinajstić information content (AvgIpc) is 3.24. The minimum absolute atomic E-state index is 0.120. The molecule has 0 amide bonds. The molecule has 0 fully saturated rings. The number of ether oxygens (including phenoxy) is 2. The van der Waals surface area contributed by atoms with E-state index in [1.807, 2.05) is 37.2 Å². The Morgan fingerprint density at radius 1 is 1.23 bits per heavy atom. The molecule has 1 N–H and O–H groups in total. The zero-order valence-corrected chi connectivity index (χ0v) is 18.0. The number of hydrogen-bond acceptors (Lipinski definition) is 7. The number of furan rings is 1. The number of anilines is 1. The highest BCUT2D eigenvalue weighted by atomic mass is 32.2. The van der Waals surface area contributed by atoms with Gasteiger partial charge in [0.1, 0.15) is 5.82 Å². The second kappa shape index (κ2) is 8.99. The van der Waals surface area contributed by atoms with Crippen molar-refractivity contribution in [3.63, 3.8) is 0 Å². The summed E-state index contributed by atoms with van der Waals surface area (Å²) in [6.07, 6.45) is 4.71. The molecule has 0 spiro atoms. The summed E-state index contributed by atoms with van der Waals surface area (Å²) in [5.74, 6) is 0.0732. The van der Waals surface area contributed by atoms with E-state index in [-0.39, 0.29) is 17.9 Å². The molecule has 0 aliphatic carbocycles. The Kier molecular flexibility index (Phi) is 6.15. The van der Waals surface area contributed by atoms with E-state index in [0.29, 0.717) is 11.3 Å². The predicted octanol–water partition coefficient (Wildman–Crippen LogP) is 5.80. The molecule has 1 aliphatic heterocycles. The molecule has 1 atom stereocenters. The SMILES string of the molecule is CCSNc1cnc(Oc2ccc(F)cc2F)c(C2=CN(C)C(OC)c3occc32)c1. The largest absolute Gasteiger partial charge is 0.464 e. The molecule has 0 saturated heterocycles. The molecular formula is C22H21F2N3O3S. The van der Waals surface area contributed by atoms with Crippen LogP contribution in [0.5, 0.6) is 11.6 Å². The Morgan fingerprint density at radius 2 is 2.06 bits per heavy atom. The van der Waals surface area contributed by atoms with Gasteiger partial charge in [-0.1, -0.05) is 18.9 Å². The van der Waals surface area contributed by atoms with Gasteiger partial charge in [-0.25, -0.2) is 13.8 Å². The van der Waals surface area contributed by atoms with E-state index >= 15 is 0 Å². The maximum absolute atomic E-state index is 14.2. The third-order valence-electron chi connectivity index (χ3n) is 4.71. The summed E-state index contributed by atoms with van der Waals surface area (Å²) >= 11 is 1.52. The number of aromatic nitrogens is 1. The van der Waals surface area contributed by atoms with E-state index in [1.54, 1.807) is 19.6 Å². The lowest BCUT2D eigenvalue weighted by Gasteiger charge is -2.30. The van der Waals surface area contributed by atoms with E-state index in [2.05, 4.69) is 9.71 Å². The first-order valence-corrected chi connectivity index (χ1v) is 10.6. The number of rotatable bonds is 7. The van der Waals surface area contributed by atoms with Crippen LogP contribution in [0.25, 0.3) is 5.57 Å². The Morgan fingerprint density at radius 3 is 2.81 bits per heavy atom. The van der Waals surface area contributed by atoms with Gasteiger partial charge in [0.05, 0.1) is 18.1 Å². The lowest BCUT2D eigenvalue weighted by Crippen LogP contribution is -2.25. The third-order valence-corrected chi connectivity index (χ3v) is 5.38. The first-order valence-electron chi connectivity index (χ1n) is 9.57. The summed E-state index contributed by atoms with van der Waals surface area (Å²) in [4.78, 5) is 6.27. The van der Waals surface area contributed by atoms with Crippen molar-refractivity contribution >= 4 is 23.2 Å². The minimum atomic E-state index is -0.810. The monoisotopic (exact) mass is 445 g/mol. The molecule has 6 nitrogen and oxygen atoms in total. The number of fused-ring (bicyclic) bond motifs is 1. The van der Waals surface area contributed by atoms with Crippen molar-refractivity contribution in [2.45, 2.75) is 13.2 Å². The number of methoxy groups -OCH3 is 1. The molecule has 162 valence electrons. The molecule has 3 heterocycles. The molecule has 0 radical (unpaired) electrons. The Balaban J connectivity index is 1.81. The van der Waals surface area contributed by atoms with Crippen LogP contribution >= 0.6 is 11.9 Å². The number of nitrogens with zero attached hydrogens (tertiary/aromatic N) is 2. The Hall–Kier alpha value is -3.04. The van der Waals surface area contributed by atoms with Gasteiger partial charge in [-0.3, -0.25) is 0 Å². The van der Waals surface area contributed by atoms with Gasteiger partial charge >= 0.3 is 0 Å². The fraction of sp³-hybridized carbons (Fsp3) is 0.227. The standard InChI is InChI=1S/C22H21F2N3O3S/c1-4-31-26-14-10-16(17-12-27(2)22(28-3)20-15(17)7-8-29-20)21(25-11-14)30-19-6-5-13(23)9-18(19)24/h5-12,22,26H,4H2,1-3H3. The van der Waals surface area contributed by atoms with Crippen molar-refractivity contribution in [2.24, 2.45) is 0 Å². The summed E-state index contributed by atoms with van der Waals surface area (Å²) in [6.45, 7) is 2.03. The molecule has 0 saturated carbocycles. The Labute approximate surface area is 183 Å². The topological polar surface area (TPSA) is 59.8 Å². The molecule has 4 rings (SSSR count). The highest BCUT2D eigenvalue weighted by Crippen LogP contribution is 2.42. The molecular weight excluding hydrogens is 424 g/mol. The van der Waals surface area contributed by atoms with E-state index in [1.165, 1.54) is 18.0 Å². The highest BCUT2D eigenvalue weighted by Gasteiger charge is 2.30. The van der Waals surface area contributed by atoms with Gasteiger partial charge in [0.25, 0.3) is 0 Å². The number of nitrogens with one attached hydrogen (secondary N) is 1. The van der Waals surface area contributed by atoms with Crippen LogP contribution in [-0.4, -0.2) is 29.8 Å². The van der Waals surface area contributed by atoms with Crippen LogP contribution in [0, 0.1) is 11.6 Å². The lowest BCUT2D eigenvalue weighted by atomic mass is 9.96. The van der Waals surface area contributed by atoms with E-state index in [9.17, 15) is 8.78 Å². The number of pyridine rings is 1. The summed E-state index contributed by atoms with van der Waals surface area (Å²) in [5, 5.41) is 0. The van der Waals surface area contributed by atoms with Crippen molar-refractivity contribution < 1.29 is 22.7 Å². The zero-order chi connectivity index (χ0) is 22.0. The molecule has 2 aromatic heterocycles. The normalized spacial score (nSPS) is 15.5. The smallest absolute Gasteiger partial charge is 0.227 e. The first-order chi connectivity index (χ1) is 15.0. The molecule has 1 aliphatic rings. The van der Waals surface area contributed by atoms with Gasteiger partial charge in [-0.15, -0.1) is 0 Å². The zero-order valence-electron chi connectivity index (χ0n) is 17.2. The van der Waals surface area contributed by atoms with Crippen molar-refractivity contribution in [2.75, 3.05) is 24.6 Å². The van der Waals surface area contributed by atoms with Gasteiger partial charge in [-0.2, -0.15) is 0 Å². The predicted molar refractivity (Wildman–Crippen MR) is 116 cm³/mol. The van der Waals surface area contributed by atoms with E-state index < -0.39 is 11.6 Å². The number of hydrogen-bond donors (Lipinski definition) is 1. The molecule has 31 heavy (non-hydrogen) atoms. The van der Waals surface area contributed by atoms with Crippen LogP contribution in [0.4, 0.5) is 14.5 Å². The second-order valence-electron chi connectivity index (χ2n) is 6.78. The summed E-state index contributed by atoms with van der Waals surface area (Å²) < 4.78 is 47.8. The van der Waals surface area contributed by atoms with Crippen LogP contribution < -0.4 is 9.46 Å². The second-order valence-corrected chi connectivity index (χ2v) is 7.85. The number of halogens is 2. The summed E-state index contributed by atoms with van der Waals surface area (Å²) in [6, 6.07) is 6.85. The van der Waals surface area contributed by atoms with Gasteiger partial charge in [0.2, 0.25) is 5.88 Å².